The van der Waals surface area contributed by atoms with Crippen LogP contribution in [0.25, 0.3) is 0 Å². The van der Waals surface area contributed by atoms with Crippen molar-refractivity contribution >= 4 is 27.5 Å². The summed E-state index contributed by atoms with van der Waals surface area (Å²) in [7, 11) is -4.10. The Morgan fingerprint density at radius 1 is 0.900 bits per heavy atom. The minimum absolute atomic E-state index is 0.0893. The maximum atomic E-state index is 14.2. The minimum atomic E-state index is -4.10. The molecule has 0 fully saturated rings. The zero-order valence-corrected chi connectivity index (χ0v) is 25.4. The van der Waals surface area contributed by atoms with Crippen LogP contribution in [-0.2, 0) is 26.2 Å². The van der Waals surface area contributed by atoms with Gasteiger partial charge in [-0.05, 0) is 82.9 Å². The van der Waals surface area contributed by atoms with E-state index in [2.05, 4.69) is 5.32 Å². The highest BCUT2D eigenvalue weighted by molar-refractivity contribution is 7.92. The molecule has 0 aromatic heterocycles. The molecule has 3 aromatic carbocycles. The molecule has 7 nitrogen and oxygen atoms in total. The Kier molecular flexibility index (Phi) is 9.79. The van der Waals surface area contributed by atoms with Crippen LogP contribution in [-0.4, -0.2) is 43.3 Å². The third-order valence-electron chi connectivity index (χ3n) is 6.77. The predicted octanol–water partition coefficient (Wildman–Crippen LogP) is 5.53. The summed E-state index contributed by atoms with van der Waals surface area (Å²) in [6, 6.07) is 20.5. The molecule has 3 rings (SSSR count). The molecule has 214 valence electrons. The molecule has 0 aliphatic heterocycles. The summed E-state index contributed by atoms with van der Waals surface area (Å²) < 4.78 is 29.2. The van der Waals surface area contributed by atoms with Crippen LogP contribution in [0.1, 0.15) is 56.4 Å². The maximum Gasteiger partial charge on any atom is 0.264 e. The Morgan fingerprint density at radius 2 is 1.55 bits per heavy atom. The highest BCUT2D eigenvalue weighted by atomic mass is 32.2. The van der Waals surface area contributed by atoms with Crippen LogP contribution in [0.4, 0.5) is 5.69 Å². The van der Waals surface area contributed by atoms with Crippen molar-refractivity contribution in [2.24, 2.45) is 0 Å². The lowest BCUT2D eigenvalue weighted by Gasteiger charge is -2.35. The first-order valence-electron chi connectivity index (χ1n) is 13.6. The summed E-state index contributed by atoms with van der Waals surface area (Å²) in [5.41, 5.74) is 3.49. The number of nitrogens with one attached hydrogen (secondary N) is 1. The molecule has 0 unspecified atom stereocenters. The Hall–Kier alpha value is -3.65. The second kappa shape index (κ2) is 12.7. The van der Waals surface area contributed by atoms with Crippen molar-refractivity contribution in [3.63, 3.8) is 0 Å². The number of benzene rings is 3. The molecule has 0 saturated heterocycles. The van der Waals surface area contributed by atoms with Crippen molar-refractivity contribution in [3.8, 4) is 0 Å². The SMILES string of the molecule is CC[C@@H](C(=O)NC(C)(C)C)N(Cc1cccc(C)c1)C(=O)CN(c1cccc(C)c1C)S(=O)(=O)c1ccccc1. The van der Waals surface area contributed by atoms with Crippen molar-refractivity contribution in [1.82, 2.24) is 10.2 Å². The monoisotopic (exact) mass is 563 g/mol. The second-order valence-corrected chi connectivity index (χ2v) is 13.1. The van der Waals surface area contributed by atoms with Gasteiger partial charge in [0.25, 0.3) is 10.0 Å². The zero-order valence-electron chi connectivity index (χ0n) is 24.6. The molecule has 0 aliphatic rings. The van der Waals surface area contributed by atoms with E-state index in [-0.39, 0.29) is 17.3 Å². The van der Waals surface area contributed by atoms with Gasteiger partial charge < -0.3 is 10.2 Å². The number of sulfonamides is 1. The summed E-state index contributed by atoms with van der Waals surface area (Å²) in [6.07, 6.45) is 0.369. The molecule has 40 heavy (non-hydrogen) atoms. The van der Waals surface area contributed by atoms with E-state index in [1.165, 1.54) is 21.3 Å². The highest BCUT2D eigenvalue weighted by Gasteiger charge is 2.35. The van der Waals surface area contributed by atoms with Crippen LogP contribution >= 0.6 is 0 Å². The Bertz CT molecular complexity index is 1450. The molecular formula is C32H41N3O4S. The van der Waals surface area contributed by atoms with Crippen LogP contribution in [0.3, 0.4) is 0 Å². The quantitative estimate of drug-likeness (QED) is 0.352. The Morgan fingerprint density at radius 3 is 2.15 bits per heavy atom. The number of rotatable bonds is 10. The van der Waals surface area contributed by atoms with Gasteiger partial charge in [-0.25, -0.2) is 8.42 Å². The normalized spacial score (nSPS) is 12.5. The molecule has 8 heteroatoms. The molecule has 0 bridgehead atoms. The van der Waals surface area contributed by atoms with Crippen LogP contribution < -0.4 is 9.62 Å². The molecule has 3 aromatic rings. The van der Waals surface area contributed by atoms with Gasteiger partial charge in [-0.2, -0.15) is 0 Å². The van der Waals surface area contributed by atoms with E-state index in [4.69, 9.17) is 0 Å². The number of carbonyl (C=O) groups excluding carboxylic acids is 2. The molecule has 0 spiro atoms. The first-order valence-corrected chi connectivity index (χ1v) is 15.0. The average Bonchev–Trinajstić information content (AvgIpc) is 2.88. The number of aryl methyl sites for hydroxylation is 2. The Labute approximate surface area is 239 Å². The van der Waals surface area contributed by atoms with Gasteiger partial charge in [0.15, 0.2) is 0 Å². The van der Waals surface area contributed by atoms with Crippen molar-refractivity contribution < 1.29 is 18.0 Å². The number of hydrogen-bond acceptors (Lipinski definition) is 4. The van der Waals surface area contributed by atoms with E-state index in [9.17, 15) is 18.0 Å². The number of amides is 2. The summed E-state index contributed by atoms with van der Waals surface area (Å²) in [5.74, 6) is -0.738. The molecule has 0 saturated carbocycles. The first-order chi connectivity index (χ1) is 18.7. The first kappa shape index (κ1) is 30.9. The topological polar surface area (TPSA) is 86.8 Å². The molecular weight excluding hydrogens is 522 g/mol. The molecule has 1 N–H and O–H groups in total. The van der Waals surface area contributed by atoms with Crippen molar-refractivity contribution in [3.05, 3.63) is 95.1 Å². The van der Waals surface area contributed by atoms with Crippen LogP contribution in [0.5, 0.6) is 0 Å². The van der Waals surface area contributed by atoms with Crippen molar-refractivity contribution in [1.29, 1.82) is 0 Å². The van der Waals surface area contributed by atoms with Gasteiger partial charge in [0.05, 0.1) is 10.6 Å². The highest BCUT2D eigenvalue weighted by Crippen LogP contribution is 2.29. The minimum Gasteiger partial charge on any atom is -0.350 e. The van der Waals surface area contributed by atoms with E-state index >= 15 is 0 Å². The van der Waals surface area contributed by atoms with E-state index in [0.717, 1.165) is 22.3 Å². The number of carbonyl (C=O) groups is 2. The predicted molar refractivity (Wildman–Crippen MR) is 161 cm³/mol. The molecule has 0 radical (unpaired) electrons. The van der Waals surface area contributed by atoms with Gasteiger partial charge in [0.1, 0.15) is 12.6 Å². The van der Waals surface area contributed by atoms with Gasteiger partial charge in [-0.1, -0.05) is 67.1 Å². The van der Waals surface area contributed by atoms with Gasteiger partial charge >= 0.3 is 0 Å². The molecule has 0 heterocycles. The van der Waals surface area contributed by atoms with E-state index in [1.54, 1.807) is 30.3 Å². The Balaban J connectivity index is 2.11. The fourth-order valence-corrected chi connectivity index (χ4v) is 6.11. The fraction of sp³-hybridized carbons (Fsp3) is 0.375. The van der Waals surface area contributed by atoms with Crippen LogP contribution in [0, 0.1) is 20.8 Å². The summed E-state index contributed by atoms with van der Waals surface area (Å²) in [5, 5.41) is 3.00. The molecule has 0 aliphatic carbocycles. The standard InChI is InChI=1S/C32H41N3O4S/c1-8-28(31(37)33-32(5,6)7)34(21-26-16-12-14-23(2)20-26)30(36)22-35(29-19-13-15-24(3)25(29)4)40(38,39)27-17-10-9-11-18-27/h9-20,28H,8,21-22H2,1-7H3,(H,33,37)/t28-/m0/s1. The van der Waals surface area contributed by atoms with Gasteiger partial charge in [0.2, 0.25) is 11.8 Å². The van der Waals surface area contributed by atoms with Crippen LogP contribution in [0.2, 0.25) is 0 Å². The van der Waals surface area contributed by atoms with Crippen molar-refractivity contribution in [2.75, 3.05) is 10.8 Å². The number of hydrogen-bond donors (Lipinski definition) is 1. The third-order valence-corrected chi connectivity index (χ3v) is 8.55. The molecule has 1 atom stereocenters. The lowest BCUT2D eigenvalue weighted by molar-refractivity contribution is -0.141. The molecule has 2 amide bonds. The van der Waals surface area contributed by atoms with Gasteiger partial charge in [-0.3, -0.25) is 13.9 Å². The lowest BCUT2D eigenvalue weighted by atomic mass is 10.0. The zero-order chi connectivity index (χ0) is 29.7. The maximum absolute atomic E-state index is 14.2. The summed E-state index contributed by atoms with van der Waals surface area (Å²) in [4.78, 5) is 29.2. The fourth-order valence-electron chi connectivity index (χ4n) is 4.62. The lowest BCUT2D eigenvalue weighted by Crippen LogP contribution is -2.55. The largest absolute Gasteiger partial charge is 0.350 e. The second-order valence-electron chi connectivity index (χ2n) is 11.2. The number of nitrogens with zero attached hydrogens (tertiary/aromatic N) is 2. The number of anilines is 1. The van der Waals surface area contributed by atoms with E-state index < -0.39 is 34.1 Å². The van der Waals surface area contributed by atoms with Crippen LogP contribution in [0.15, 0.2) is 77.7 Å². The van der Waals surface area contributed by atoms with Gasteiger partial charge in [-0.15, -0.1) is 0 Å². The van der Waals surface area contributed by atoms with E-state index in [1.807, 2.05) is 78.8 Å². The third kappa shape index (κ3) is 7.50. The smallest absolute Gasteiger partial charge is 0.264 e. The van der Waals surface area contributed by atoms with Gasteiger partial charge in [0, 0.05) is 12.1 Å². The summed E-state index contributed by atoms with van der Waals surface area (Å²) >= 11 is 0. The average molecular weight is 564 g/mol. The van der Waals surface area contributed by atoms with Crippen molar-refractivity contribution in [2.45, 2.75) is 77.9 Å². The summed E-state index contributed by atoms with van der Waals surface area (Å²) in [6.45, 7) is 13.0. The van der Waals surface area contributed by atoms with E-state index in [0.29, 0.717) is 12.1 Å².